The van der Waals surface area contributed by atoms with E-state index in [4.69, 9.17) is 0 Å². The lowest BCUT2D eigenvalue weighted by Gasteiger charge is -2.36. The molecule has 23 heavy (non-hydrogen) atoms. The zero-order valence-corrected chi connectivity index (χ0v) is 14.2. The molecule has 0 saturated heterocycles. The molecule has 0 bridgehead atoms. The SMILES string of the molecule is C=CC[C@H]1[C@@H]2CC(=O)C[C@@H]2C[C@@]1(NC(C)=O)C(=O)NCCCC. The summed E-state index contributed by atoms with van der Waals surface area (Å²) in [6, 6.07) is 0. The van der Waals surface area contributed by atoms with E-state index in [0.717, 1.165) is 12.8 Å². The second kappa shape index (κ2) is 7.28. The lowest BCUT2D eigenvalue weighted by atomic mass is 9.78. The largest absolute Gasteiger partial charge is 0.354 e. The van der Waals surface area contributed by atoms with Crippen molar-refractivity contribution in [3.8, 4) is 0 Å². The maximum atomic E-state index is 12.9. The first-order valence-corrected chi connectivity index (χ1v) is 8.64. The number of fused-ring (bicyclic) bond motifs is 1. The Morgan fingerprint density at radius 3 is 2.74 bits per heavy atom. The van der Waals surface area contributed by atoms with Crippen LogP contribution in [-0.4, -0.2) is 29.7 Å². The minimum Gasteiger partial charge on any atom is -0.354 e. The molecule has 0 aromatic carbocycles. The number of unbranched alkanes of at least 4 members (excludes halogenated alkanes) is 1. The van der Waals surface area contributed by atoms with Gasteiger partial charge in [0.2, 0.25) is 11.8 Å². The highest BCUT2D eigenvalue weighted by Gasteiger charge is 2.59. The molecule has 2 N–H and O–H groups in total. The monoisotopic (exact) mass is 320 g/mol. The fraction of sp³-hybridized carbons (Fsp3) is 0.722. The summed E-state index contributed by atoms with van der Waals surface area (Å²) in [5, 5.41) is 5.94. The standard InChI is InChI=1S/C18H28N2O3/c1-4-6-8-19-17(23)18(20-12(3)21)11-13-9-14(22)10-15(13)16(18)7-5-2/h5,13,15-16H,2,4,6-11H2,1,3H3,(H,19,23)(H,20,21)/t13-,15-,16+,18+/m1/s1. The number of amides is 2. The summed E-state index contributed by atoms with van der Waals surface area (Å²) in [6.07, 6.45) is 5.96. The first kappa shape index (κ1) is 17.7. The smallest absolute Gasteiger partial charge is 0.246 e. The van der Waals surface area contributed by atoms with E-state index < -0.39 is 5.54 Å². The predicted octanol–water partition coefficient (Wildman–Crippen LogP) is 1.97. The van der Waals surface area contributed by atoms with Crippen molar-refractivity contribution in [1.82, 2.24) is 10.6 Å². The van der Waals surface area contributed by atoms with E-state index in [9.17, 15) is 14.4 Å². The molecule has 2 saturated carbocycles. The zero-order chi connectivity index (χ0) is 17.0. The van der Waals surface area contributed by atoms with Gasteiger partial charge in [0.15, 0.2) is 0 Å². The number of hydrogen-bond acceptors (Lipinski definition) is 3. The van der Waals surface area contributed by atoms with Crippen LogP contribution in [0.2, 0.25) is 0 Å². The maximum Gasteiger partial charge on any atom is 0.246 e. The molecule has 2 rings (SSSR count). The van der Waals surface area contributed by atoms with Gasteiger partial charge < -0.3 is 10.6 Å². The number of hydrogen-bond donors (Lipinski definition) is 2. The van der Waals surface area contributed by atoms with E-state index >= 15 is 0 Å². The van der Waals surface area contributed by atoms with E-state index in [-0.39, 0.29) is 35.4 Å². The quantitative estimate of drug-likeness (QED) is 0.556. The second-order valence-electron chi connectivity index (χ2n) is 6.97. The minimum absolute atomic E-state index is 0.0537. The highest BCUT2D eigenvalue weighted by molar-refractivity contribution is 5.93. The van der Waals surface area contributed by atoms with Gasteiger partial charge in [-0.05, 0) is 37.0 Å². The van der Waals surface area contributed by atoms with Gasteiger partial charge >= 0.3 is 0 Å². The molecule has 0 spiro atoms. The number of nitrogens with one attached hydrogen (secondary N) is 2. The number of Topliss-reactive ketones (excluding diaryl/α,β-unsaturated/α-hetero) is 1. The van der Waals surface area contributed by atoms with Crippen molar-refractivity contribution in [3.05, 3.63) is 12.7 Å². The number of carbonyl (C=O) groups excluding carboxylic acids is 3. The third kappa shape index (κ3) is 3.48. The van der Waals surface area contributed by atoms with Crippen molar-refractivity contribution in [3.63, 3.8) is 0 Å². The molecule has 0 heterocycles. The molecular weight excluding hydrogens is 292 g/mol. The van der Waals surface area contributed by atoms with E-state index in [1.807, 2.05) is 0 Å². The number of ketones is 1. The fourth-order valence-electron chi connectivity index (χ4n) is 4.45. The second-order valence-corrected chi connectivity index (χ2v) is 6.97. The highest BCUT2D eigenvalue weighted by atomic mass is 16.2. The Morgan fingerprint density at radius 2 is 2.13 bits per heavy atom. The summed E-state index contributed by atoms with van der Waals surface area (Å²) in [4.78, 5) is 36.5. The van der Waals surface area contributed by atoms with Crippen LogP contribution >= 0.6 is 0 Å². The highest BCUT2D eigenvalue weighted by Crippen LogP contribution is 2.53. The van der Waals surface area contributed by atoms with Crippen LogP contribution in [0.1, 0.15) is 52.4 Å². The molecule has 0 unspecified atom stereocenters. The Labute approximate surface area is 138 Å². The molecule has 2 amide bonds. The molecule has 2 aliphatic carbocycles. The van der Waals surface area contributed by atoms with Crippen LogP contribution in [0.3, 0.4) is 0 Å². The normalized spacial score (nSPS) is 32.4. The van der Waals surface area contributed by atoms with Gasteiger partial charge in [0.25, 0.3) is 0 Å². The van der Waals surface area contributed by atoms with Gasteiger partial charge in [0.05, 0.1) is 0 Å². The van der Waals surface area contributed by atoms with Crippen LogP contribution in [0.4, 0.5) is 0 Å². The molecule has 2 aliphatic rings. The third-order valence-electron chi connectivity index (χ3n) is 5.33. The van der Waals surface area contributed by atoms with Crippen LogP contribution in [0.15, 0.2) is 12.7 Å². The molecule has 5 heteroatoms. The van der Waals surface area contributed by atoms with Gasteiger partial charge in [-0.1, -0.05) is 19.4 Å². The summed E-state index contributed by atoms with van der Waals surface area (Å²) in [7, 11) is 0. The molecule has 128 valence electrons. The van der Waals surface area contributed by atoms with Crippen molar-refractivity contribution in [2.45, 2.75) is 57.9 Å². The average Bonchev–Trinajstić information content (AvgIpc) is 2.95. The molecule has 0 aromatic heterocycles. The summed E-state index contributed by atoms with van der Waals surface area (Å²) >= 11 is 0. The Hall–Kier alpha value is -1.65. The van der Waals surface area contributed by atoms with Crippen molar-refractivity contribution in [1.29, 1.82) is 0 Å². The Morgan fingerprint density at radius 1 is 1.39 bits per heavy atom. The summed E-state index contributed by atoms with van der Waals surface area (Å²) in [5.41, 5.74) is -0.899. The Bertz CT molecular complexity index is 502. The van der Waals surface area contributed by atoms with Crippen molar-refractivity contribution in [2.75, 3.05) is 6.54 Å². The molecule has 0 radical (unpaired) electrons. The molecule has 0 aliphatic heterocycles. The number of allylic oxidation sites excluding steroid dienone is 1. The number of carbonyl (C=O) groups is 3. The van der Waals surface area contributed by atoms with E-state index in [2.05, 4.69) is 24.1 Å². The summed E-state index contributed by atoms with van der Waals surface area (Å²) in [6.45, 7) is 7.95. The van der Waals surface area contributed by atoms with Gasteiger partial charge in [0.1, 0.15) is 11.3 Å². The predicted molar refractivity (Wildman–Crippen MR) is 88.6 cm³/mol. The number of rotatable bonds is 7. The first-order valence-electron chi connectivity index (χ1n) is 8.64. The molecule has 4 atom stereocenters. The van der Waals surface area contributed by atoms with Gasteiger partial charge in [-0.25, -0.2) is 0 Å². The van der Waals surface area contributed by atoms with Gasteiger partial charge in [0, 0.05) is 26.3 Å². The van der Waals surface area contributed by atoms with Crippen molar-refractivity contribution >= 4 is 17.6 Å². The van der Waals surface area contributed by atoms with Gasteiger partial charge in [-0.3, -0.25) is 14.4 Å². The summed E-state index contributed by atoms with van der Waals surface area (Å²) < 4.78 is 0. The lowest BCUT2D eigenvalue weighted by molar-refractivity contribution is -0.135. The average molecular weight is 320 g/mol. The Balaban J connectivity index is 2.28. The third-order valence-corrected chi connectivity index (χ3v) is 5.33. The van der Waals surface area contributed by atoms with Crippen LogP contribution in [-0.2, 0) is 14.4 Å². The minimum atomic E-state index is -0.899. The zero-order valence-electron chi connectivity index (χ0n) is 14.2. The molecule has 2 fully saturated rings. The summed E-state index contributed by atoms with van der Waals surface area (Å²) in [5.74, 6) is 0.283. The van der Waals surface area contributed by atoms with Crippen LogP contribution < -0.4 is 10.6 Å². The molecule has 5 nitrogen and oxygen atoms in total. The van der Waals surface area contributed by atoms with Crippen LogP contribution in [0.25, 0.3) is 0 Å². The van der Waals surface area contributed by atoms with Gasteiger partial charge in [-0.2, -0.15) is 0 Å². The van der Waals surface area contributed by atoms with Crippen LogP contribution in [0, 0.1) is 17.8 Å². The maximum absolute atomic E-state index is 12.9. The first-order chi connectivity index (χ1) is 10.9. The van der Waals surface area contributed by atoms with E-state index in [1.165, 1.54) is 6.92 Å². The van der Waals surface area contributed by atoms with Gasteiger partial charge in [-0.15, -0.1) is 6.58 Å². The topological polar surface area (TPSA) is 75.3 Å². The Kier molecular flexibility index (Phi) is 5.60. The lowest BCUT2D eigenvalue weighted by Crippen LogP contribution is -2.61. The van der Waals surface area contributed by atoms with Crippen molar-refractivity contribution in [2.24, 2.45) is 17.8 Å². The van der Waals surface area contributed by atoms with E-state index in [0.29, 0.717) is 32.2 Å². The van der Waals surface area contributed by atoms with Crippen LogP contribution in [0.5, 0.6) is 0 Å². The van der Waals surface area contributed by atoms with Crippen molar-refractivity contribution < 1.29 is 14.4 Å². The molecule has 0 aromatic rings. The van der Waals surface area contributed by atoms with E-state index in [1.54, 1.807) is 6.08 Å². The molecular formula is C18H28N2O3. The fourth-order valence-corrected chi connectivity index (χ4v) is 4.45.